The normalized spacial score (nSPS) is 24.3. The molecule has 1 rings (SSSR count). The van der Waals surface area contributed by atoms with Crippen LogP contribution in [0.1, 0.15) is 51.4 Å². The predicted octanol–water partition coefficient (Wildman–Crippen LogP) is 1.88. The van der Waals surface area contributed by atoms with Crippen LogP contribution in [-0.2, 0) is 9.47 Å². The van der Waals surface area contributed by atoms with Crippen LogP contribution in [0.2, 0.25) is 0 Å². The number of hydrogen-bond donors (Lipinski definition) is 2. The molecule has 4 nitrogen and oxygen atoms in total. The van der Waals surface area contributed by atoms with Crippen molar-refractivity contribution in [2.75, 3.05) is 26.4 Å². The van der Waals surface area contributed by atoms with Crippen molar-refractivity contribution in [2.24, 2.45) is 0 Å². The first-order chi connectivity index (χ1) is 8.86. The Labute approximate surface area is 110 Å². The Morgan fingerprint density at radius 3 is 1.39 bits per heavy atom. The van der Waals surface area contributed by atoms with Gasteiger partial charge in [-0.1, -0.05) is 0 Å². The predicted molar refractivity (Wildman–Crippen MR) is 70.6 cm³/mol. The molecule has 18 heavy (non-hydrogen) atoms. The number of aliphatic hydroxyl groups excluding tert-OH is 2. The molecule has 108 valence electrons. The van der Waals surface area contributed by atoms with E-state index in [1.165, 1.54) is 0 Å². The van der Waals surface area contributed by atoms with Crippen LogP contribution < -0.4 is 0 Å². The summed E-state index contributed by atoms with van der Waals surface area (Å²) in [5, 5.41) is 17.3. The van der Waals surface area contributed by atoms with E-state index >= 15 is 0 Å². The van der Waals surface area contributed by atoms with Gasteiger partial charge in [-0.2, -0.15) is 0 Å². The number of hydrogen-bond acceptors (Lipinski definition) is 4. The minimum absolute atomic E-state index is 0.262. The first-order valence-corrected chi connectivity index (χ1v) is 7.31. The van der Waals surface area contributed by atoms with Gasteiger partial charge in [-0.25, -0.2) is 0 Å². The van der Waals surface area contributed by atoms with Crippen molar-refractivity contribution in [3.8, 4) is 0 Å². The molecular formula is C14H28O4. The van der Waals surface area contributed by atoms with Crippen LogP contribution in [0.3, 0.4) is 0 Å². The molecule has 0 radical (unpaired) electrons. The topological polar surface area (TPSA) is 58.9 Å². The highest BCUT2D eigenvalue weighted by molar-refractivity contribution is 4.73. The number of ether oxygens (including phenoxy) is 2. The maximum Gasteiger partial charge on any atom is 0.0577 e. The van der Waals surface area contributed by atoms with Gasteiger partial charge < -0.3 is 19.7 Å². The van der Waals surface area contributed by atoms with Crippen LogP contribution in [-0.4, -0.2) is 48.8 Å². The molecule has 0 amide bonds. The molecule has 1 fully saturated rings. The van der Waals surface area contributed by atoms with Gasteiger partial charge in [-0.3, -0.25) is 0 Å². The molecule has 1 aliphatic rings. The van der Waals surface area contributed by atoms with Crippen molar-refractivity contribution < 1.29 is 19.7 Å². The molecule has 0 spiro atoms. The fourth-order valence-electron chi connectivity index (χ4n) is 2.29. The van der Waals surface area contributed by atoms with Crippen molar-refractivity contribution in [3.63, 3.8) is 0 Å². The third-order valence-corrected chi connectivity index (χ3v) is 3.43. The van der Waals surface area contributed by atoms with Crippen molar-refractivity contribution in [3.05, 3.63) is 0 Å². The Hall–Kier alpha value is -0.160. The highest BCUT2D eigenvalue weighted by atomic mass is 16.5. The van der Waals surface area contributed by atoms with Gasteiger partial charge >= 0.3 is 0 Å². The van der Waals surface area contributed by atoms with E-state index in [9.17, 15) is 0 Å². The second-order valence-electron chi connectivity index (χ2n) is 5.00. The van der Waals surface area contributed by atoms with Crippen LogP contribution in [0.4, 0.5) is 0 Å². The summed E-state index contributed by atoms with van der Waals surface area (Å²) in [6.45, 7) is 2.07. The third-order valence-electron chi connectivity index (χ3n) is 3.43. The first kappa shape index (κ1) is 15.9. The molecule has 4 heteroatoms. The van der Waals surface area contributed by atoms with E-state index in [1.54, 1.807) is 0 Å². The van der Waals surface area contributed by atoms with Gasteiger partial charge in [-0.15, -0.1) is 0 Å². The highest BCUT2D eigenvalue weighted by Crippen LogP contribution is 2.23. The van der Waals surface area contributed by atoms with E-state index in [1.807, 2.05) is 0 Å². The molecule has 0 atom stereocenters. The quantitative estimate of drug-likeness (QED) is 0.589. The molecule has 0 aromatic rings. The van der Waals surface area contributed by atoms with Gasteiger partial charge in [0.1, 0.15) is 0 Å². The lowest BCUT2D eigenvalue weighted by Crippen LogP contribution is -2.27. The van der Waals surface area contributed by atoms with Crippen molar-refractivity contribution in [1.29, 1.82) is 0 Å². The lowest BCUT2D eigenvalue weighted by atomic mass is 9.95. The zero-order valence-electron chi connectivity index (χ0n) is 11.4. The van der Waals surface area contributed by atoms with Gasteiger partial charge in [0.25, 0.3) is 0 Å². The fraction of sp³-hybridized carbons (Fsp3) is 1.00. The summed E-state index contributed by atoms with van der Waals surface area (Å²) in [5.41, 5.74) is 0. The maximum atomic E-state index is 8.67. The summed E-state index contributed by atoms with van der Waals surface area (Å²) in [6, 6.07) is 0. The fourth-order valence-corrected chi connectivity index (χ4v) is 2.29. The van der Waals surface area contributed by atoms with E-state index in [0.29, 0.717) is 12.2 Å². The van der Waals surface area contributed by atoms with Crippen LogP contribution in [0.25, 0.3) is 0 Å². The van der Waals surface area contributed by atoms with Gasteiger partial charge in [0.2, 0.25) is 0 Å². The molecule has 1 saturated carbocycles. The first-order valence-electron chi connectivity index (χ1n) is 7.31. The number of rotatable bonds is 10. The molecule has 0 unspecified atom stereocenters. The standard InChI is InChI=1S/C14H28O4/c15-9-1-3-11-17-13-5-7-14(8-6-13)18-12-4-2-10-16/h13-16H,1-12H2. The lowest BCUT2D eigenvalue weighted by Gasteiger charge is -2.28. The zero-order chi connectivity index (χ0) is 13.1. The van der Waals surface area contributed by atoms with E-state index in [2.05, 4.69) is 0 Å². The molecule has 0 aromatic carbocycles. The Morgan fingerprint density at radius 1 is 0.667 bits per heavy atom. The summed E-state index contributed by atoms with van der Waals surface area (Å²) in [4.78, 5) is 0. The molecule has 0 bridgehead atoms. The molecule has 0 aliphatic heterocycles. The smallest absolute Gasteiger partial charge is 0.0577 e. The summed E-state index contributed by atoms with van der Waals surface area (Å²) < 4.78 is 11.6. The van der Waals surface area contributed by atoms with Gasteiger partial charge in [0, 0.05) is 26.4 Å². The molecule has 0 aromatic heterocycles. The highest BCUT2D eigenvalue weighted by Gasteiger charge is 2.21. The average molecular weight is 260 g/mol. The second-order valence-corrected chi connectivity index (χ2v) is 5.00. The maximum absolute atomic E-state index is 8.67. The van der Waals surface area contributed by atoms with Crippen molar-refractivity contribution >= 4 is 0 Å². The Kier molecular flexibility index (Phi) is 9.48. The third kappa shape index (κ3) is 7.31. The monoisotopic (exact) mass is 260 g/mol. The summed E-state index contributed by atoms with van der Waals surface area (Å²) in [5.74, 6) is 0. The van der Waals surface area contributed by atoms with E-state index in [-0.39, 0.29) is 13.2 Å². The van der Waals surface area contributed by atoms with E-state index in [4.69, 9.17) is 19.7 Å². The summed E-state index contributed by atoms with van der Waals surface area (Å²) >= 11 is 0. The SMILES string of the molecule is OCCCCOC1CCC(OCCCCO)CC1. The van der Waals surface area contributed by atoms with Gasteiger partial charge in [0.05, 0.1) is 12.2 Å². The number of aliphatic hydroxyl groups is 2. The molecular weight excluding hydrogens is 232 g/mol. The number of unbranched alkanes of at least 4 members (excludes halogenated alkanes) is 2. The van der Waals surface area contributed by atoms with Crippen LogP contribution in [0.5, 0.6) is 0 Å². The molecule has 0 saturated heterocycles. The Balaban J connectivity index is 1.95. The van der Waals surface area contributed by atoms with Crippen LogP contribution >= 0.6 is 0 Å². The van der Waals surface area contributed by atoms with E-state index < -0.39 is 0 Å². The van der Waals surface area contributed by atoms with E-state index in [0.717, 1.165) is 64.6 Å². The van der Waals surface area contributed by atoms with Crippen LogP contribution in [0.15, 0.2) is 0 Å². The Bertz CT molecular complexity index is 159. The second kappa shape index (κ2) is 10.7. The molecule has 1 aliphatic carbocycles. The minimum atomic E-state index is 0.262. The summed E-state index contributed by atoms with van der Waals surface area (Å²) in [6.07, 6.45) is 8.71. The van der Waals surface area contributed by atoms with Gasteiger partial charge in [-0.05, 0) is 51.4 Å². The minimum Gasteiger partial charge on any atom is -0.396 e. The summed E-state index contributed by atoms with van der Waals surface area (Å²) in [7, 11) is 0. The largest absolute Gasteiger partial charge is 0.396 e. The Morgan fingerprint density at radius 2 is 1.06 bits per heavy atom. The lowest BCUT2D eigenvalue weighted by molar-refractivity contribution is -0.0334. The van der Waals surface area contributed by atoms with Crippen LogP contribution in [0, 0.1) is 0 Å². The molecule has 2 N–H and O–H groups in total. The zero-order valence-corrected chi connectivity index (χ0v) is 11.4. The van der Waals surface area contributed by atoms with Crippen molar-refractivity contribution in [2.45, 2.75) is 63.6 Å². The molecule has 0 heterocycles. The van der Waals surface area contributed by atoms with Gasteiger partial charge in [0.15, 0.2) is 0 Å². The van der Waals surface area contributed by atoms with Crippen molar-refractivity contribution in [1.82, 2.24) is 0 Å². The average Bonchev–Trinajstić information content (AvgIpc) is 2.41.